The lowest BCUT2D eigenvalue weighted by Crippen LogP contribution is -2.46. The molecule has 0 saturated carbocycles. The van der Waals surface area contributed by atoms with Gasteiger partial charge in [0.05, 0.1) is 12.5 Å². The zero-order valence-electron chi connectivity index (χ0n) is 15.0. The zero-order valence-corrected chi connectivity index (χ0v) is 16.6. The van der Waals surface area contributed by atoms with Crippen molar-refractivity contribution in [1.82, 2.24) is 15.5 Å². The predicted molar refractivity (Wildman–Crippen MR) is 105 cm³/mol. The van der Waals surface area contributed by atoms with E-state index >= 15 is 0 Å². The molecule has 1 aromatic rings. The summed E-state index contributed by atoms with van der Waals surface area (Å²) in [7, 11) is 1.66. The summed E-state index contributed by atoms with van der Waals surface area (Å²) in [5, 5.41) is 6.72. The van der Waals surface area contributed by atoms with Crippen LogP contribution in [0.25, 0.3) is 0 Å². The van der Waals surface area contributed by atoms with Crippen molar-refractivity contribution in [2.75, 3.05) is 46.4 Å². The average molecular weight is 404 g/mol. The van der Waals surface area contributed by atoms with Gasteiger partial charge >= 0.3 is 0 Å². The number of halogens is 2. The van der Waals surface area contributed by atoms with Crippen LogP contribution >= 0.6 is 24.0 Å². The normalized spacial score (nSPS) is 16.7. The molecule has 0 spiro atoms. The number of benzene rings is 1. The van der Waals surface area contributed by atoms with Crippen LogP contribution in [0.4, 0.5) is 0 Å². The number of carbonyl (C=O) groups excluding carboxylic acids is 2. The van der Waals surface area contributed by atoms with E-state index in [9.17, 15) is 9.59 Å². The minimum absolute atomic E-state index is 0. The maximum atomic E-state index is 12.6. The third-order valence-electron chi connectivity index (χ3n) is 4.25. The summed E-state index contributed by atoms with van der Waals surface area (Å²) in [6.07, 6.45) is 1.65. The topological polar surface area (TPSA) is 70.7 Å². The van der Waals surface area contributed by atoms with Crippen molar-refractivity contribution in [3.8, 4) is 0 Å². The Morgan fingerprint density at radius 3 is 2.65 bits per heavy atom. The minimum Gasteiger partial charge on any atom is -0.383 e. The smallest absolute Gasteiger partial charge is 0.253 e. The number of likely N-dealkylation sites (tertiary alicyclic amines) is 1. The molecule has 146 valence electrons. The molecule has 26 heavy (non-hydrogen) atoms. The highest BCUT2D eigenvalue weighted by atomic mass is 35.5. The fourth-order valence-electron chi connectivity index (χ4n) is 2.87. The van der Waals surface area contributed by atoms with Crippen LogP contribution < -0.4 is 10.6 Å². The highest BCUT2D eigenvalue weighted by Gasteiger charge is 2.28. The summed E-state index contributed by atoms with van der Waals surface area (Å²) < 4.78 is 4.95. The number of piperidine rings is 1. The quantitative estimate of drug-likeness (QED) is 0.650. The second-order valence-electron chi connectivity index (χ2n) is 6.13. The van der Waals surface area contributed by atoms with E-state index in [1.807, 2.05) is 0 Å². The highest BCUT2D eigenvalue weighted by molar-refractivity contribution is 6.30. The van der Waals surface area contributed by atoms with Crippen LogP contribution in [-0.2, 0) is 9.53 Å². The molecular weight excluding hydrogens is 377 g/mol. The molecule has 1 unspecified atom stereocenters. The molecule has 2 amide bonds. The molecule has 1 atom stereocenters. The van der Waals surface area contributed by atoms with Gasteiger partial charge in [-0.15, -0.1) is 12.4 Å². The number of ether oxygens (including phenoxy) is 1. The van der Waals surface area contributed by atoms with Crippen molar-refractivity contribution >= 4 is 35.8 Å². The van der Waals surface area contributed by atoms with Crippen LogP contribution in [0, 0.1) is 5.92 Å². The number of nitrogens with zero attached hydrogens (tertiary/aromatic N) is 1. The summed E-state index contributed by atoms with van der Waals surface area (Å²) in [5.41, 5.74) is 0.604. The molecule has 0 aliphatic carbocycles. The lowest BCUT2D eigenvalue weighted by atomic mass is 9.96. The first-order valence-electron chi connectivity index (χ1n) is 8.64. The van der Waals surface area contributed by atoms with E-state index in [2.05, 4.69) is 10.6 Å². The summed E-state index contributed by atoms with van der Waals surface area (Å²) in [6.45, 7) is 3.84. The molecule has 0 bridgehead atoms. The van der Waals surface area contributed by atoms with Gasteiger partial charge in [0.1, 0.15) is 0 Å². The molecule has 1 heterocycles. The monoisotopic (exact) mass is 403 g/mol. The van der Waals surface area contributed by atoms with Gasteiger partial charge in [-0.2, -0.15) is 0 Å². The maximum Gasteiger partial charge on any atom is 0.253 e. The summed E-state index contributed by atoms with van der Waals surface area (Å²) in [4.78, 5) is 26.6. The van der Waals surface area contributed by atoms with E-state index in [-0.39, 0.29) is 30.1 Å². The Hall–Kier alpha value is -1.34. The molecule has 1 aliphatic heterocycles. The Morgan fingerprint density at radius 1 is 1.23 bits per heavy atom. The molecule has 1 aromatic carbocycles. The van der Waals surface area contributed by atoms with Gasteiger partial charge in [-0.3, -0.25) is 9.59 Å². The molecule has 0 aromatic heterocycles. The van der Waals surface area contributed by atoms with Crippen molar-refractivity contribution < 1.29 is 14.3 Å². The molecule has 2 rings (SSSR count). The van der Waals surface area contributed by atoms with Gasteiger partial charge in [0.15, 0.2) is 0 Å². The van der Waals surface area contributed by atoms with E-state index in [0.29, 0.717) is 43.4 Å². The molecule has 1 saturated heterocycles. The van der Waals surface area contributed by atoms with Crippen LogP contribution in [0.5, 0.6) is 0 Å². The number of nitrogens with one attached hydrogen (secondary N) is 2. The third kappa shape index (κ3) is 7.11. The predicted octanol–water partition coefficient (Wildman–Crippen LogP) is 1.97. The number of hydrogen-bond donors (Lipinski definition) is 2. The van der Waals surface area contributed by atoms with Crippen LogP contribution in [0.3, 0.4) is 0 Å². The maximum absolute atomic E-state index is 12.6. The van der Waals surface area contributed by atoms with Crippen LogP contribution in [0.2, 0.25) is 5.02 Å². The molecule has 2 N–H and O–H groups in total. The van der Waals surface area contributed by atoms with Crippen molar-refractivity contribution in [1.29, 1.82) is 0 Å². The van der Waals surface area contributed by atoms with E-state index in [0.717, 1.165) is 19.4 Å². The summed E-state index contributed by atoms with van der Waals surface area (Å²) >= 11 is 5.87. The molecule has 0 radical (unpaired) electrons. The van der Waals surface area contributed by atoms with Gasteiger partial charge in [-0.25, -0.2) is 0 Å². The van der Waals surface area contributed by atoms with E-state index in [4.69, 9.17) is 16.3 Å². The second-order valence-corrected chi connectivity index (χ2v) is 6.57. The molecule has 1 fully saturated rings. The van der Waals surface area contributed by atoms with Crippen LogP contribution in [-0.4, -0.2) is 63.2 Å². The standard InChI is InChI=1S/C18H26ClN3O3.ClH/c1-25-12-10-20-8-9-21-17(23)15-3-2-11-22(13-15)18(24)14-4-6-16(19)7-5-14;/h4-7,15,20H,2-3,8-13H2,1H3,(H,21,23);1H. The highest BCUT2D eigenvalue weighted by Crippen LogP contribution is 2.19. The van der Waals surface area contributed by atoms with Crippen LogP contribution in [0.15, 0.2) is 24.3 Å². The van der Waals surface area contributed by atoms with Crippen molar-refractivity contribution in [2.45, 2.75) is 12.8 Å². The lowest BCUT2D eigenvalue weighted by Gasteiger charge is -2.32. The number of methoxy groups -OCH3 is 1. The van der Waals surface area contributed by atoms with Gasteiger partial charge in [-0.05, 0) is 37.1 Å². The van der Waals surface area contributed by atoms with E-state index < -0.39 is 0 Å². The van der Waals surface area contributed by atoms with E-state index in [1.54, 1.807) is 36.3 Å². The lowest BCUT2D eigenvalue weighted by molar-refractivity contribution is -0.126. The van der Waals surface area contributed by atoms with Gasteiger partial charge in [0.25, 0.3) is 5.91 Å². The second kappa shape index (κ2) is 12.1. The number of rotatable bonds is 8. The summed E-state index contributed by atoms with van der Waals surface area (Å²) in [6, 6.07) is 6.86. The minimum atomic E-state index is -0.149. The largest absolute Gasteiger partial charge is 0.383 e. The van der Waals surface area contributed by atoms with Gasteiger partial charge < -0.3 is 20.3 Å². The van der Waals surface area contributed by atoms with Gasteiger partial charge in [0, 0.05) is 50.4 Å². The summed E-state index contributed by atoms with van der Waals surface area (Å²) in [5.74, 6) is -0.179. The Bertz CT molecular complexity index is 569. The molecular formula is C18H27Cl2N3O3. The van der Waals surface area contributed by atoms with Gasteiger partial charge in [0.2, 0.25) is 5.91 Å². The average Bonchev–Trinajstić information content (AvgIpc) is 2.64. The zero-order chi connectivity index (χ0) is 18.1. The van der Waals surface area contributed by atoms with Crippen LogP contribution in [0.1, 0.15) is 23.2 Å². The van der Waals surface area contributed by atoms with Gasteiger partial charge in [-0.1, -0.05) is 11.6 Å². The van der Waals surface area contributed by atoms with Crippen molar-refractivity contribution in [2.24, 2.45) is 5.92 Å². The SMILES string of the molecule is COCCNCCNC(=O)C1CCCN(C(=O)c2ccc(Cl)cc2)C1.Cl. The molecule has 8 heteroatoms. The number of amides is 2. The first kappa shape index (κ1) is 22.7. The van der Waals surface area contributed by atoms with E-state index in [1.165, 1.54) is 0 Å². The molecule has 6 nitrogen and oxygen atoms in total. The first-order valence-corrected chi connectivity index (χ1v) is 9.02. The molecule has 1 aliphatic rings. The fourth-order valence-corrected chi connectivity index (χ4v) is 2.99. The Labute approximate surface area is 166 Å². The van der Waals surface area contributed by atoms with Crippen molar-refractivity contribution in [3.05, 3.63) is 34.9 Å². The third-order valence-corrected chi connectivity index (χ3v) is 4.51. The first-order chi connectivity index (χ1) is 12.1. The number of carbonyl (C=O) groups is 2. The Kier molecular flexibility index (Phi) is 10.6. The van der Waals surface area contributed by atoms with Crippen molar-refractivity contribution in [3.63, 3.8) is 0 Å². The fraction of sp³-hybridized carbons (Fsp3) is 0.556. The Morgan fingerprint density at radius 2 is 1.96 bits per heavy atom. The Balaban J connectivity index is 0.00000338. The number of hydrogen-bond acceptors (Lipinski definition) is 4.